The molecule has 0 aliphatic carbocycles. The van der Waals surface area contributed by atoms with Crippen LogP contribution in [0.15, 0.2) is 0 Å². The summed E-state index contributed by atoms with van der Waals surface area (Å²) in [5, 5.41) is 14.6. The summed E-state index contributed by atoms with van der Waals surface area (Å²) in [5.74, 6) is -0.404. The van der Waals surface area contributed by atoms with Crippen molar-refractivity contribution in [2.75, 3.05) is 20.1 Å². The number of aliphatic hydroxyl groups is 1. The van der Waals surface area contributed by atoms with Crippen molar-refractivity contribution in [1.29, 1.82) is 0 Å². The van der Waals surface area contributed by atoms with Gasteiger partial charge in [0.25, 0.3) is 0 Å². The van der Waals surface area contributed by atoms with Crippen molar-refractivity contribution in [3.05, 3.63) is 0 Å². The number of hydrogen-bond acceptors (Lipinski definition) is 4. The highest BCUT2D eigenvalue weighted by Gasteiger charge is 2.12. The predicted octanol–water partition coefficient (Wildman–Crippen LogP) is 0.0268. The molecule has 0 rings (SSSR count). The summed E-state index contributed by atoms with van der Waals surface area (Å²) in [4.78, 5) is 35.6. The van der Waals surface area contributed by atoms with Crippen LogP contribution in [0.3, 0.4) is 0 Å². The maximum absolute atomic E-state index is 11.7. The van der Waals surface area contributed by atoms with Crippen molar-refractivity contribution in [3.63, 3.8) is 0 Å². The number of hydrogen-bond donors (Lipinski definition) is 3. The van der Waals surface area contributed by atoms with Crippen LogP contribution in [0.25, 0.3) is 0 Å². The van der Waals surface area contributed by atoms with E-state index in [0.29, 0.717) is 32.2 Å². The Balaban J connectivity index is 3.76. The highest BCUT2D eigenvalue weighted by atomic mass is 16.3. The van der Waals surface area contributed by atoms with Gasteiger partial charge in [-0.1, -0.05) is 0 Å². The van der Waals surface area contributed by atoms with Gasteiger partial charge in [-0.15, -0.1) is 0 Å². The first kappa shape index (κ1) is 20.4. The van der Waals surface area contributed by atoms with Crippen LogP contribution in [0.1, 0.15) is 46.5 Å². The van der Waals surface area contributed by atoms with E-state index in [1.807, 2.05) is 6.92 Å². The molecule has 2 unspecified atom stereocenters. The molecule has 0 aliphatic heterocycles. The average molecular weight is 315 g/mol. The van der Waals surface area contributed by atoms with Gasteiger partial charge in [0.05, 0.1) is 12.6 Å². The van der Waals surface area contributed by atoms with Crippen molar-refractivity contribution < 1.29 is 19.5 Å². The highest BCUT2D eigenvalue weighted by molar-refractivity contribution is 5.83. The molecule has 3 N–H and O–H groups in total. The Labute approximate surface area is 132 Å². The third-order valence-corrected chi connectivity index (χ3v) is 3.25. The van der Waals surface area contributed by atoms with E-state index in [4.69, 9.17) is 5.11 Å². The minimum atomic E-state index is -0.413. The Morgan fingerprint density at radius 2 is 1.77 bits per heavy atom. The quantitative estimate of drug-likeness (QED) is 0.529. The van der Waals surface area contributed by atoms with E-state index in [9.17, 15) is 14.4 Å². The lowest BCUT2D eigenvalue weighted by atomic mass is 10.1. The van der Waals surface area contributed by atoms with E-state index in [1.165, 1.54) is 11.8 Å². The zero-order valence-corrected chi connectivity index (χ0v) is 14.0. The fraction of sp³-hybridized carbons (Fsp3) is 0.800. The van der Waals surface area contributed by atoms with Gasteiger partial charge in [-0.3, -0.25) is 14.4 Å². The molecule has 0 saturated heterocycles. The van der Waals surface area contributed by atoms with Gasteiger partial charge >= 0.3 is 0 Å². The summed E-state index contributed by atoms with van der Waals surface area (Å²) < 4.78 is 0. The number of nitrogens with zero attached hydrogens (tertiary/aromatic N) is 1. The third kappa shape index (κ3) is 11.1. The van der Waals surface area contributed by atoms with Crippen LogP contribution >= 0.6 is 0 Å². The van der Waals surface area contributed by atoms with Gasteiger partial charge in [0.15, 0.2) is 0 Å². The Bertz CT molecular complexity index is 372. The Kier molecular flexibility index (Phi) is 10.2. The maximum Gasteiger partial charge on any atom is 0.239 e. The minimum absolute atomic E-state index is 0.0412. The number of nitrogens with one attached hydrogen (secondary N) is 2. The lowest BCUT2D eigenvalue weighted by Crippen LogP contribution is -2.41. The molecule has 0 bridgehead atoms. The molecule has 0 fully saturated rings. The number of carbonyl (C=O) groups is 3. The second-order valence-electron chi connectivity index (χ2n) is 5.72. The molecule has 0 radical (unpaired) electrons. The minimum Gasteiger partial charge on any atom is -0.393 e. The molecule has 0 aromatic rings. The molecule has 0 saturated carbocycles. The van der Waals surface area contributed by atoms with E-state index in [-0.39, 0.29) is 30.3 Å². The van der Waals surface area contributed by atoms with Crippen LogP contribution in [0.2, 0.25) is 0 Å². The van der Waals surface area contributed by atoms with E-state index < -0.39 is 6.10 Å². The second kappa shape index (κ2) is 11.0. The van der Waals surface area contributed by atoms with Gasteiger partial charge < -0.3 is 20.6 Å². The summed E-state index contributed by atoms with van der Waals surface area (Å²) in [6.07, 6.45) is 1.89. The first-order valence-corrected chi connectivity index (χ1v) is 7.68. The monoisotopic (exact) mass is 315 g/mol. The van der Waals surface area contributed by atoms with Gasteiger partial charge in [-0.05, 0) is 33.1 Å². The molecule has 0 spiro atoms. The first-order chi connectivity index (χ1) is 10.2. The Hall–Kier alpha value is -1.63. The topological polar surface area (TPSA) is 98.7 Å². The molecule has 22 heavy (non-hydrogen) atoms. The zero-order valence-electron chi connectivity index (χ0n) is 14.0. The molecular weight excluding hydrogens is 286 g/mol. The number of rotatable bonds is 10. The van der Waals surface area contributed by atoms with Crippen molar-refractivity contribution in [3.8, 4) is 0 Å². The van der Waals surface area contributed by atoms with Crippen LogP contribution in [0.5, 0.6) is 0 Å². The summed E-state index contributed by atoms with van der Waals surface area (Å²) in [7, 11) is 1.57. The first-order valence-electron chi connectivity index (χ1n) is 7.68. The lowest BCUT2D eigenvalue weighted by molar-refractivity contribution is -0.133. The number of amides is 3. The van der Waals surface area contributed by atoms with Crippen molar-refractivity contribution in [2.24, 2.45) is 0 Å². The molecule has 0 aromatic carbocycles. The van der Waals surface area contributed by atoms with Crippen LogP contribution in [0, 0.1) is 0 Å². The second-order valence-corrected chi connectivity index (χ2v) is 5.72. The van der Waals surface area contributed by atoms with Crippen molar-refractivity contribution in [2.45, 2.75) is 58.6 Å². The Morgan fingerprint density at radius 1 is 1.14 bits per heavy atom. The standard InChI is InChI=1S/C15H29N3O4/c1-11(17-15(22)10-18(4)13(3)20)6-5-7-14(21)16-9-8-12(2)19/h11-12,19H,5-10H2,1-4H3,(H,16,21)(H,17,22). The van der Waals surface area contributed by atoms with Crippen LogP contribution < -0.4 is 10.6 Å². The van der Waals surface area contributed by atoms with Crippen LogP contribution in [-0.2, 0) is 14.4 Å². The largest absolute Gasteiger partial charge is 0.393 e. The van der Waals surface area contributed by atoms with Gasteiger partial charge in [-0.2, -0.15) is 0 Å². The van der Waals surface area contributed by atoms with Crippen molar-refractivity contribution >= 4 is 17.7 Å². The van der Waals surface area contributed by atoms with Gasteiger partial charge in [-0.25, -0.2) is 0 Å². The SMILES string of the molecule is CC(=O)N(C)CC(=O)NC(C)CCCC(=O)NCCC(C)O. The summed E-state index contributed by atoms with van der Waals surface area (Å²) in [5.41, 5.74) is 0. The number of likely N-dealkylation sites (N-methyl/N-ethyl adjacent to an activating group) is 1. The lowest BCUT2D eigenvalue weighted by Gasteiger charge is -2.18. The fourth-order valence-corrected chi connectivity index (χ4v) is 1.80. The molecule has 2 atom stereocenters. The third-order valence-electron chi connectivity index (χ3n) is 3.25. The Morgan fingerprint density at radius 3 is 2.32 bits per heavy atom. The molecule has 128 valence electrons. The van der Waals surface area contributed by atoms with Crippen LogP contribution in [0.4, 0.5) is 0 Å². The van der Waals surface area contributed by atoms with Gasteiger partial charge in [0, 0.05) is 33.0 Å². The molecular formula is C15H29N3O4. The smallest absolute Gasteiger partial charge is 0.239 e. The fourth-order valence-electron chi connectivity index (χ4n) is 1.80. The molecule has 0 heterocycles. The van der Waals surface area contributed by atoms with E-state index >= 15 is 0 Å². The molecule has 0 aromatic heterocycles. The van der Waals surface area contributed by atoms with Gasteiger partial charge in [0.2, 0.25) is 17.7 Å². The highest BCUT2D eigenvalue weighted by Crippen LogP contribution is 2.01. The molecule has 3 amide bonds. The molecule has 7 nitrogen and oxygen atoms in total. The van der Waals surface area contributed by atoms with Crippen molar-refractivity contribution in [1.82, 2.24) is 15.5 Å². The maximum atomic E-state index is 11.7. The normalized spacial score (nSPS) is 13.1. The van der Waals surface area contributed by atoms with Gasteiger partial charge in [0.1, 0.15) is 0 Å². The molecule has 0 aliphatic rings. The zero-order chi connectivity index (χ0) is 17.1. The predicted molar refractivity (Wildman–Crippen MR) is 84.1 cm³/mol. The summed E-state index contributed by atoms with van der Waals surface area (Å²) in [6, 6.07) is -0.0434. The summed E-state index contributed by atoms with van der Waals surface area (Å²) >= 11 is 0. The van der Waals surface area contributed by atoms with E-state index in [1.54, 1.807) is 14.0 Å². The summed E-state index contributed by atoms with van der Waals surface area (Å²) in [6.45, 7) is 5.48. The number of carbonyl (C=O) groups excluding carboxylic acids is 3. The van der Waals surface area contributed by atoms with E-state index in [2.05, 4.69) is 10.6 Å². The van der Waals surface area contributed by atoms with Crippen LogP contribution in [-0.4, -0.2) is 60.0 Å². The molecule has 7 heteroatoms. The van der Waals surface area contributed by atoms with E-state index in [0.717, 1.165) is 0 Å². The number of aliphatic hydroxyl groups excluding tert-OH is 1. The average Bonchev–Trinajstić information content (AvgIpc) is 2.37.